The fourth-order valence-corrected chi connectivity index (χ4v) is 3.49. The lowest BCUT2D eigenvalue weighted by Gasteiger charge is -2.08. The number of carbonyl (C=O) groups excluding carboxylic acids is 1. The number of aromatic nitrogens is 1. The topological polar surface area (TPSA) is 48.3 Å². The molecule has 1 amide bonds. The lowest BCUT2D eigenvalue weighted by Crippen LogP contribution is -2.20. The maximum Gasteiger partial charge on any atom is 0.258 e. The Morgan fingerprint density at radius 3 is 2.52 bits per heavy atom. The van der Waals surface area contributed by atoms with Crippen LogP contribution in [0.3, 0.4) is 0 Å². The molecule has 0 atom stereocenters. The molecule has 134 valence electrons. The number of para-hydroxylation sites is 2. The summed E-state index contributed by atoms with van der Waals surface area (Å²) < 4.78 is 1.66. The Bertz CT molecular complexity index is 1130. The molecule has 2 heterocycles. The van der Waals surface area contributed by atoms with Gasteiger partial charge in [0.1, 0.15) is 0 Å². The number of hydrogen-bond donors (Lipinski definition) is 0. The molecule has 0 bridgehead atoms. The van der Waals surface area contributed by atoms with Crippen LogP contribution in [0.15, 0.2) is 72.8 Å². The second-order valence-electron chi connectivity index (χ2n) is 6.50. The zero-order valence-corrected chi connectivity index (χ0v) is 15.2. The molecule has 3 aromatic rings. The average molecular weight is 355 g/mol. The van der Waals surface area contributed by atoms with Crippen LogP contribution in [0.5, 0.6) is 5.88 Å². The largest absolute Gasteiger partial charge is 0.860 e. The van der Waals surface area contributed by atoms with Gasteiger partial charge in [0.05, 0.1) is 5.69 Å². The molecular formula is C23H19N2O2-. The summed E-state index contributed by atoms with van der Waals surface area (Å²) in [6.45, 7) is 0. The monoisotopic (exact) mass is 355 g/mol. The number of hydrogen-bond acceptors (Lipinski definition) is 2. The summed E-state index contributed by atoms with van der Waals surface area (Å²) in [5.41, 5.74) is 4.13. The smallest absolute Gasteiger partial charge is 0.258 e. The van der Waals surface area contributed by atoms with Crippen LogP contribution in [0.2, 0.25) is 0 Å². The van der Waals surface area contributed by atoms with Gasteiger partial charge in [-0.15, -0.1) is 0 Å². The third-order valence-electron chi connectivity index (χ3n) is 4.93. The van der Waals surface area contributed by atoms with Gasteiger partial charge in [-0.2, -0.15) is 0 Å². The molecule has 1 aliphatic heterocycles. The number of aryl methyl sites for hydroxylation is 1. The van der Waals surface area contributed by atoms with Crippen LogP contribution in [-0.2, 0) is 11.8 Å². The maximum atomic E-state index is 12.4. The maximum absolute atomic E-state index is 12.4. The van der Waals surface area contributed by atoms with Gasteiger partial charge < -0.3 is 14.6 Å². The van der Waals surface area contributed by atoms with E-state index in [1.54, 1.807) is 23.6 Å². The molecule has 1 aromatic heterocycles. The number of rotatable bonds is 3. The molecule has 0 fully saturated rings. The predicted octanol–water partition coefficient (Wildman–Crippen LogP) is 3.88. The van der Waals surface area contributed by atoms with Crippen molar-refractivity contribution in [3.05, 3.63) is 84.0 Å². The average Bonchev–Trinajstić information content (AvgIpc) is 3.08. The van der Waals surface area contributed by atoms with E-state index >= 15 is 0 Å². The van der Waals surface area contributed by atoms with Crippen LogP contribution in [0.1, 0.15) is 11.1 Å². The van der Waals surface area contributed by atoms with Crippen molar-refractivity contribution in [1.82, 2.24) is 4.57 Å². The molecule has 0 radical (unpaired) electrons. The van der Waals surface area contributed by atoms with Crippen molar-refractivity contribution in [1.29, 1.82) is 0 Å². The number of nitrogens with zero attached hydrogens (tertiary/aromatic N) is 2. The summed E-state index contributed by atoms with van der Waals surface area (Å²) in [5, 5.41) is 13.3. The molecule has 4 heteroatoms. The highest BCUT2D eigenvalue weighted by atomic mass is 16.3. The summed E-state index contributed by atoms with van der Waals surface area (Å²) in [4.78, 5) is 14.1. The lowest BCUT2D eigenvalue weighted by molar-refractivity contribution is -0.278. The number of carbonyl (C=O) groups is 1. The van der Waals surface area contributed by atoms with Crippen molar-refractivity contribution in [3.8, 4) is 5.88 Å². The van der Waals surface area contributed by atoms with Crippen LogP contribution in [0.25, 0.3) is 22.6 Å². The van der Waals surface area contributed by atoms with E-state index in [1.165, 1.54) is 0 Å². The Hall–Kier alpha value is -3.53. The highest BCUT2D eigenvalue weighted by Crippen LogP contribution is 2.35. The van der Waals surface area contributed by atoms with Gasteiger partial charge in [-0.3, -0.25) is 4.79 Å². The van der Waals surface area contributed by atoms with Gasteiger partial charge in [0.2, 0.25) is 0 Å². The van der Waals surface area contributed by atoms with E-state index in [-0.39, 0.29) is 11.8 Å². The molecule has 4 rings (SSSR count). The number of fused-ring (bicyclic) bond motifs is 2. The Balaban J connectivity index is 1.60. The van der Waals surface area contributed by atoms with E-state index in [2.05, 4.69) is 0 Å². The highest BCUT2D eigenvalue weighted by molar-refractivity contribution is 6.32. The number of amides is 1. The van der Waals surface area contributed by atoms with Crippen LogP contribution < -0.4 is 10.0 Å². The molecule has 0 saturated carbocycles. The van der Waals surface area contributed by atoms with Gasteiger partial charge >= 0.3 is 0 Å². The van der Waals surface area contributed by atoms with E-state index in [1.807, 2.05) is 78.9 Å². The second kappa shape index (κ2) is 6.65. The molecule has 0 aliphatic carbocycles. The first kappa shape index (κ1) is 16.9. The van der Waals surface area contributed by atoms with Crippen molar-refractivity contribution in [2.24, 2.45) is 7.05 Å². The summed E-state index contributed by atoms with van der Waals surface area (Å²) in [7, 11) is 3.56. The van der Waals surface area contributed by atoms with E-state index in [4.69, 9.17) is 0 Å². The quantitative estimate of drug-likeness (QED) is 0.529. The van der Waals surface area contributed by atoms with Crippen LogP contribution >= 0.6 is 0 Å². The number of allylic oxidation sites excluding steroid dienone is 4. The summed E-state index contributed by atoms with van der Waals surface area (Å²) >= 11 is 0. The molecule has 2 aromatic carbocycles. The minimum Gasteiger partial charge on any atom is -0.860 e. The van der Waals surface area contributed by atoms with Gasteiger partial charge in [0, 0.05) is 36.1 Å². The van der Waals surface area contributed by atoms with Crippen molar-refractivity contribution in [2.75, 3.05) is 11.9 Å². The van der Waals surface area contributed by atoms with Gasteiger partial charge in [0.15, 0.2) is 0 Å². The first-order valence-corrected chi connectivity index (χ1v) is 8.76. The third kappa shape index (κ3) is 2.75. The third-order valence-corrected chi connectivity index (χ3v) is 4.93. The highest BCUT2D eigenvalue weighted by Gasteiger charge is 2.28. The molecule has 27 heavy (non-hydrogen) atoms. The van der Waals surface area contributed by atoms with Crippen molar-refractivity contribution >= 4 is 34.1 Å². The van der Waals surface area contributed by atoms with Gasteiger partial charge in [0.25, 0.3) is 5.91 Å². The van der Waals surface area contributed by atoms with Crippen LogP contribution in [0, 0.1) is 0 Å². The Kier molecular flexibility index (Phi) is 4.16. The van der Waals surface area contributed by atoms with Crippen molar-refractivity contribution in [2.45, 2.75) is 0 Å². The fourth-order valence-electron chi connectivity index (χ4n) is 3.49. The normalized spacial score (nSPS) is 15.7. The van der Waals surface area contributed by atoms with E-state index in [0.29, 0.717) is 11.1 Å². The first-order chi connectivity index (χ1) is 13.1. The fraction of sp³-hybridized carbons (Fsp3) is 0.0870. The molecule has 0 spiro atoms. The minimum atomic E-state index is -0.0132. The standard InChI is InChI=1S/C23H20N2O2/c1-24-20-14-8-6-10-16(20)18(22(24)26)12-4-3-5-13-19-17-11-7-9-15-21(17)25(2)23(19)27/h3-15,26H,1-2H3/p-1. The van der Waals surface area contributed by atoms with Crippen LogP contribution in [0.4, 0.5) is 5.69 Å². The van der Waals surface area contributed by atoms with Gasteiger partial charge in [-0.1, -0.05) is 60.7 Å². The van der Waals surface area contributed by atoms with Crippen LogP contribution in [-0.4, -0.2) is 17.5 Å². The molecule has 0 saturated heterocycles. The predicted molar refractivity (Wildman–Crippen MR) is 108 cm³/mol. The lowest BCUT2D eigenvalue weighted by atomic mass is 10.1. The van der Waals surface area contributed by atoms with Crippen molar-refractivity contribution < 1.29 is 9.90 Å². The van der Waals surface area contributed by atoms with Gasteiger partial charge in [-0.25, -0.2) is 0 Å². The first-order valence-electron chi connectivity index (χ1n) is 8.76. The number of likely N-dealkylation sites (N-methyl/N-ethyl adjacent to an activating group) is 1. The number of benzene rings is 2. The molecule has 0 N–H and O–H groups in total. The summed E-state index contributed by atoms with van der Waals surface area (Å²) in [5.74, 6) is -0.0264. The molecular weight excluding hydrogens is 336 g/mol. The Labute approximate surface area is 158 Å². The molecule has 1 aliphatic rings. The second-order valence-corrected chi connectivity index (χ2v) is 6.50. The summed E-state index contributed by atoms with van der Waals surface area (Å²) in [6, 6.07) is 15.5. The summed E-state index contributed by atoms with van der Waals surface area (Å²) in [6.07, 6.45) is 9.12. The molecule has 0 unspecified atom stereocenters. The van der Waals surface area contributed by atoms with E-state index in [0.717, 1.165) is 22.2 Å². The number of anilines is 1. The zero-order valence-electron chi connectivity index (χ0n) is 15.2. The molecule has 4 nitrogen and oxygen atoms in total. The Morgan fingerprint density at radius 2 is 1.67 bits per heavy atom. The zero-order chi connectivity index (χ0) is 19.0. The van der Waals surface area contributed by atoms with Gasteiger partial charge in [-0.05, 0) is 29.7 Å². The minimum absolute atomic E-state index is 0.0132. The van der Waals surface area contributed by atoms with Crippen molar-refractivity contribution in [3.63, 3.8) is 0 Å². The Morgan fingerprint density at radius 1 is 0.926 bits per heavy atom. The van der Waals surface area contributed by atoms with E-state index in [9.17, 15) is 9.90 Å². The SMILES string of the molecule is CN1C(=O)C(=CC=CC=Cc2c([O-])n(C)c3ccccc23)c2ccccc21. The van der Waals surface area contributed by atoms with E-state index < -0.39 is 0 Å².